The number of carbonyl (C=O) groups excluding carboxylic acids is 1. The first kappa shape index (κ1) is 15.5. The van der Waals surface area contributed by atoms with Crippen LogP contribution < -0.4 is 26.1 Å². The van der Waals surface area contributed by atoms with Gasteiger partial charge in [0.05, 0.1) is 6.21 Å². The number of ether oxygens (including phenoxy) is 2. The molecule has 1 aromatic heterocycles. The zero-order chi connectivity index (χ0) is 16.9. The summed E-state index contributed by atoms with van der Waals surface area (Å²) in [6.07, 6.45) is 1.54. The summed E-state index contributed by atoms with van der Waals surface area (Å²) in [7, 11) is 0. The fourth-order valence-electron chi connectivity index (χ4n) is 2.00. The van der Waals surface area contributed by atoms with E-state index in [1.165, 1.54) is 6.21 Å². The van der Waals surface area contributed by atoms with Gasteiger partial charge in [-0.05, 0) is 23.8 Å². The van der Waals surface area contributed by atoms with E-state index in [2.05, 4.69) is 20.7 Å². The number of aromatic amines is 2. The SMILES string of the molecule is O=C(CCc1n[nH]c(=O)[nH]c1=O)N/N=C/c1ccc2c(c1)OCO2. The fraction of sp³-hybridized carbons (Fsp3) is 0.214. The predicted octanol–water partition coefficient (Wildman–Crippen LogP) is -0.730. The molecule has 1 aromatic carbocycles. The normalized spacial score (nSPS) is 12.5. The van der Waals surface area contributed by atoms with Gasteiger partial charge in [0.15, 0.2) is 11.5 Å². The van der Waals surface area contributed by atoms with Crippen molar-refractivity contribution in [3.05, 3.63) is 50.3 Å². The van der Waals surface area contributed by atoms with Crippen molar-refractivity contribution in [3.63, 3.8) is 0 Å². The molecule has 0 saturated carbocycles. The average molecular weight is 331 g/mol. The second-order valence-corrected chi connectivity index (χ2v) is 4.86. The summed E-state index contributed by atoms with van der Waals surface area (Å²) in [6, 6.07) is 5.26. The molecule has 10 nitrogen and oxygen atoms in total. The van der Waals surface area contributed by atoms with Crippen LogP contribution in [0.1, 0.15) is 17.7 Å². The van der Waals surface area contributed by atoms with Gasteiger partial charge in [-0.1, -0.05) is 0 Å². The highest BCUT2D eigenvalue weighted by molar-refractivity contribution is 5.83. The zero-order valence-electron chi connectivity index (χ0n) is 12.4. The number of hydrogen-bond acceptors (Lipinski definition) is 7. The van der Waals surface area contributed by atoms with Crippen LogP contribution in [0.4, 0.5) is 0 Å². The number of aromatic nitrogens is 3. The Morgan fingerprint density at radius 2 is 2.17 bits per heavy atom. The van der Waals surface area contributed by atoms with Gasteiger partial charge in [0.2, 0.25) is 12.7 Å². The van der Waals surface area contributed by atoms with Crippen LogP contribution in [-0.4, -0.2) is 34.1 Å². The zero-order valence-corrected chi connectivity index (χ0v) is 12.4. The minimum Gasteiger partial charge on any atom is -0.454 e. The first-order valence-corrected chi connectivity index (χ1v) is 7.01. The number of amides is 1. The van der Waals surface area contributed by atoms with Crippen molar-refractivity contribution in [1.82, 2.24) is 20.6 Å². The maximum absolute atomic E-state index is 11.7. The van der Waals surface area contributed by atoms with E-state index >= 15 is 0 Å². The maximum atomic E-state index is 11.7. The third kappa shape index (κ3) is 3.66. The van der Waals surface area contributed by atoms with E-state index in [0.29, 0.717) is 11.5 Å². The lowest BCUT2D eigenvalue weighted by atomic mass is 10.2. The number of benzene rings is 1. The standard InChI is InChI=1S/C14H13N5O5/c20-12(4-2-9-13(21)16-14(22)19-17-9)18-15-6-8-1-3-10-11(5-8)24-7-23-10/h1,3,5-6H,2,4,7H2,(H,18,20)(H2,16,19,21,22)/b15-6+. The summed E-state index contributed by atoms with van der Waals surface area (Å²) in [6.45, 7) is 0.185. The van der Waals surface area contributed by atoms with Crippen LogP contribution in [0.15, 0.2) is 32.9 Å². The van der Waals surface area contributed by atoms with Crippen LogP contribution in [0.2, 0.25) is 0 Å². The fourth-order valence-corrected chi connectivity index (χ4v) is 2.00. The van der Waals surface area contributed by atoms with Crippen molar-refractivity contribution in [2.45, 2.75) is 12.8 Å². The van der Waals surface area contributed by atoms with Crippen molar-refractivity contribution in [2.24, 2.45) is 5.10 Å². The van der Waals surface area contributed by atoms with Crippen LogP contribution in [0.5, 0.6) is 11.5 Å². The van der Waals surface area contributed by atoms with Crippen LogP contribution in [-0.2, 0) is 11.2 Å². The lowest BCUT2D eigenvalue weighted by Gasteiger charge is -2.00. The number of nitrogens with one attached hydrogen (secondary N) is 3. The highest BCUT2D eigenvalue weighted by Gasteiger charge is 2.12. The molecule has 0 fully saturated rings. The van der Waals surface area contributed by atoms with Gasteiger partial charge >= 0.3 is 5.69 Å². The molecule has 0 unspecified atom stereocenters. The van der Waals surface area contributed by atoms with E-state index < -0.39 is 11.2 Å². The smallest absolute Gasteiger partial charge is 0.342 e. The quantitative estimate of drug-likeness (QED) is 0.488. The highest BCUT2D eigenvalue weighted by atomic mass is 16.7. The number of H-pyrrole nitrogens is 2. The van der Waals surface area contributed by atoms with E-state index in [9.17, 15) is 14.4 Å². The third-order valence-corrected chi connectivity index (χ3v) is 3.17. The summed E-state index contributed by atoms with van der Waals surface area (Å²) in [5.41, 5.74) is 1.85. The van der Waals surface area contributed by atoms with Gasteiger partial charge in [0.25, 0.3) is 5.56 Å². The largest absolute Gasteiger partial charge is 0.454 e. The lowest BCUT2D eigenvalue weighted by Crippen LogP contribution is -2.28. The molecule has 0 aliphatic carbocycles. The number of rotatable bonds is 5. The van der Waals surface area contributed by atoms with Gasteiger partial charge in [-0.3, -0.25) is 14.6 Å². The number of fused-ring (bicyclic) bond motifs is 1. The van der Waals surface area contributed by atoms with Crippen molar-refractivity contribution < 1.29 is 14.3 Å². The lowest BCUT2D eigenvalue weighted by molar-refractivity contribution is -0.121. The van der Waals surface area contributed by atoms with Gasteiger partial charge < -0.3 is 9.47 Å². The Kier molecular flexibility index (Phi) is 4.36. The Bertz CT molecular complexity index is 901. The molecule has 0 spiro atoms. The molecule has 3 rings (SSSR count). The van der Waals surface area contributed by atoms with Crippen LogP contribution in [0.3, 0.4) is 0 Å². The number of carbonyl (C=O) groups is 1. The second kappa shape index (κ2) is 6.77. The molecule has 1 aliphatic heterocycles. The van der Waals surface area contributed by atoms with Gasteiger partial charge in [-0.2, -0.15) is 10.2 Å². The molecule has 10 heteroatoms. The Labute approximate surface area is 134 Å². The van der Waals surface area contributed by atoms with Gasteiger partial charge in [-0.25, -0.2) is 15.3 Å². The number of nitrogens with zero attached hydrogens (tertiary/aromatic N) is 2. The highest BCUT2D eigenvalue weighted by Crippen LogP contribution is 2.31. The molecule has 2 aromatic rings. The molecule has 124 valence electrons. The first-order valence-electron chi connectivity index (χ1n) is 7.01. The van der Waals surface area contributed by atoms with Crippen LogP contribution in [0.25, 0.3) is 0 Å². The maximum Gasteiger partial charge on any atom is 0.342 e. The molecular weight excluding hydrogens is 318 g/mol. The Hall–Kier alpha value is -3.43. The van der Waals surface area contributed by atoms with Gasteiger partial charge in [0, 0.05) is 12.8 Å². The third-order valence-electron chi connectivity index (χ3n) is 3.17. The minimum absolute atomic E-state index is 0.000598. The van der Waals surface area contributed by atoms with Crippen LogP contribution >= 0.6 is 0 Å². The van der Waals surface area contributed by atoms with E-state index in [4.69, 9.17) is 9.47 Å². The van der Waals surface area contributed by atoms with Gasteiger partial charge in [-0.15, -0.1) is 0 Å². The molecule has 0 radical (unpaired) electrons. The molecule has 0 bridgehead atoms. The number of hydrazone groups is 1. The minimum atomic E-state index is -0.693. The Morgan fingerprint density at radius 3 is 3.00 bits per heavy atom. The molecule has 0 atom stereocenters. The molecule has 1 aliphatic rings. The van der Waals surface area contributed by atoms with E-state index in [-0.39, 0.29) is 31.2 Å². The average Bonchev–Trinajstić information content (AvgIpc) is 3.02. The van der Waals surface area contributed by atoms with Crippen molar-refractivity contribution in [2.75, 3.05) is 6.79 Å². The Balaban J connectivity index is 1.52. The number of hydrogen-bond donors (Lipinski definition) is 3. The molecule has 1 amide bonds. The summed E-state index contributed by atoms with van der Waals surface area (Å²) in [5, 5.41) is 9.52. The first-order chi connectivity index (χ1) is 11.6. The van der Waals surface area contributed by atoms with Gasteiger partial charge in [0.1, 0.15) is 5.69 Å². The van der Waals surface area contributed by atoms with E-state index in [1.807, 2.05) is 4.98 Å². The summed E-state index contributed by atoms with van der Waals surface area (Å²) >= 11 is 0. The summed E-state index contributed by atoms with van der Waals surface area (Å²) in [4.78, 5) is 36.0. The molecule has 2 heterocycles. The monoisotopic (exact) mass is 331 g/mol. The van der Waals surface area contributed by atoms with Crippen molar-refractivity contribution in [3.8, 4) is 11.5 Å². The second-order valence-electron chi connectivity index (χ2n) is 4.86. The molecular formula is C14H13N5O5. The molecule has 3 N–H and O–H groups in total. The van der Waals surface area contributed by atoms with E-state index in [0.717, 1.165) is 5.56 Å². The molecule has 0 saturated heterocycles. The number of aryl methyl sites for hydroxylation is 1. The van der Waals surface area contributed by atoms with Crippen molar-refractivity contribution >= 4 is 12.1 Å². The molecule has 24 heavy (non-hydrogen) atoms. The van der Waals surface area contributed by atoms with Crippen molar-refractivity contribution in [1.29, 1.82) is 0 Å². The van der Waals surface area contributed by atoms with Crippen LogP contribution in [0, 0.1) is 0 Å². The van der Waals surface area contributed by atoms with E-state index in [1.54, 1.807) is 18.2 Å². The Morgan fingerprint density at radius 1 is 1.33 bits per heavy atom. The topological polar surface area (TPSA) is 139 Å². The summed E-state index contributed by atoms with van der Waals surface area (Å²) in [5.74, 6) is 0.892. The predicted molar refractivity (Wildman–Crippen MR) is 82.1 cm³/mol. The summed E-state index contributed by atoms with van der Waals surface area (Å²) < 4.78 is 10.4.